The van der Waals surface area contributed by atoms with Crippen molar-refractivity contribution in [2.24, 2.45) is 0 Å². The molecule has 14 heavy (non-hydrogen) atoms. The van der Waals surface area contributed by atoms with Gasteiger partial charge in [0.05, 0.1) is 10.9 Å². The molecule has 0 radical (unpaired) electrons. The summed E-state index contributed by atoms with van der Waals surface area (Å²) in [5.74, 6) is 5.65. The van der Waals surface area contributed by atoms with Crippen LogP contribution in [-0.2, 0) is 11.3 Å². The second-order valence-electron chi connectivity index (χ2n) is 2.88. The Morgan fingerprint density at radius 2 is 2.36 bits per heavy atom. The fourth-order valence-electron chi connectivity index (χ4n) is 1.35. The summed E-state index contributed by atoms with van der Waals surface area (Å²) < 4.78 is 4.89. The van der Waals surface area contributed by atoms with Crippen molar-refractivity contribution in [3.05, 3.63) is 34.9 Å². The number of ether oxygens (including phenoxy) is 1. The minimum atomic E-state index is -0.236. The number of fused-ring (bicyclic) bond motifs is 1. The second-order valence-corrected chi connectivity index (χ2v) is 3.44. The molecule has 1 aromatic carbocycles. The lowest BCUT2D eigenvalue weighted by molar-refractivity contribution is 0.0535. The molecule has 0 N–H and O–H groups in total. The molecule has 2 nitrogen and oxygen atoms in total. The molecule has 1 aromatic rings. The van der Waals surface area contributed by atoms with Crippen LogP contribution in [0.2, 0.25) is 0 Å². The third-order valence-corrected chi connectivity index (χ3v) is 2.26. The second kappa shape index (κ2) is 3.85. The molecule has 0 aromatic heterocycles. The normalized spacial score (nSPS) is 12.8. The van der Waals surface area contributed by atoms with E-state index in [2.05, 4.69) is 27.8 Å². The van der Waals surface area contributed by atoms with Gasteiger partial charge in [0.15, 0.2) is 0 Å². The number of carbonyl (C=O) groups excluding carboxylic acids is 1. The summed E-state index contributed by atoms with van der Waals surface area (Å²) in [6, 6.07) is 5.50. The number of hydrogen-bond acceptors (Lipinski definition) is 2. The van der Waals surface area contributed by atoms with Crippen molar-refractivity contribution in [3.63, 3.8) is 0 Å². The topological polar surface area (TPSA) is 26.3 Å². The Labute approximate surface area is 90.4 Å². The molecule has 0 unspecified atom stereocenters. The number of rotatable bonds is 0. The molecule has 0 saturated carbocycles. The minimum Gasteiger partial charge on any atom is -0.457 e. The standard InChI is InChI=1S/C11H7BrO2/c12-5-1-2-8-3-4-10-9(6-8)7-14-11(10)13/h3-4,6H,5,7H2. The summed E-state index contributed by atoms with van der Waals surface area (Å²) in [5, 5.41) is 0.652. The van der Waals surface area contributed by atoms with Crippen LogP contribution in [0.5, 0.6) is 0 Å². The zero-order chi connectivity index (χ0) is 9.97. The molecule has 0 atom stereocenters. The highest BCUT2D eigenvalue weighted by molar-refractivity contribution is 9.09. The average Bonchev–Trinajstić information content (AvgIpc) is 2.57. The van der Waals surface area contributed by atoms with Crippen LogP contribution >= 0.6 is 15.9 Å². The van der Waals surface area contributed by atoms with Gasteiger partial charge in [-0.3, -0.25) is 0 Å². The number of esters is 1. The van der Waals surface area contributed by atoms with Crippen LogP contribution in [0.1, 0.15) is 21.5 Å². The maximum Gasteiger partial charge on any atom is 0.338 e. The van der Waals surface area contributed by atoms with E-state index in [4.69, 9.17) is 4.74 Å². The molecule has 1 aliphatic rings. The molecule has 2 rings (SSSR count). The fourth-order valence-corrected chi connectivity index (χ4v) is 1.49. The Balaban J connectivity index is 2.37. The molecule has 70 valence electrons. The van der Waals surface area contributed by atoms with Gasteiger partial charge in [-0.25, -0.2) is 4.79 Å². The van der Waals surface area contributed by atoms with Crippen molar-refractivity contribution in [2.75, 3.05) is 5.33 Å². The first-order valence-electron chi connectivity index (χ1n) is 4.16. The summed E-state index contributed by atoms with van der Waals surface area (Å²) in [5.41, 5.74) is 2.51. The van der Waals surface area contributed by atoms with E-state index in [1.165, 1.54) is 0 Å². The zero-order valence-electron chi connectivity index (χ0n) is 7.34. The van der Waals surface area contributed by atoms with Crippen molar-refractivity contribution in [1.82, 2.24) is 0 Å². The third kappa shape index (κ3) is 1.66. The van der Waals surface area contributed by atoms with Crippen LogP contribution in [0.4, 0.5) is 0 Å². The lowest BCUT2D eigenvalue weighted by atomic mass is 10.1. The predicted molar refractivity (Wildman–Crippen MR) is 56.2 cm³/mol. The van der Waals surface area contributed by atoms with Gasteiger partial charge >= 0.3 is 5.97 Å². The van der Waals surface area contributed by atoms with E-state index in [1.54, 1.807) is 6.07 Å². The molecule has 0 saturated heterocycles. The lowest BCUT2D eigenvalue weighted by Gasteiger charge is -1.94. The predicted octanol–water partition coefficient (Wildman–Crippen LogP) is 2.10. The summed E-state index contributed by atoms with van der Waals surface area (Å²) in [6.07, 6.45) is 0. The largest absolute Gasteiger partial charge is 0.457 e. The van der Waals surface area contributed by atoms with Crippen molar-refractivity contribution in [1.29, 1.82) is 0 Å². The molecule has 1 aliphatic heterocycles. The number of cyclic esters (lactones) is 1. The Kier molecular flexibility index (Phi) is 2.55. The Hall–Kier alpha value is -1.27. The SMILES string of the molecule is O=C1OCc2cc(C#CCBr)ccc21. The van der Waals surface area contributed by atoms with Gasteiger partial charge in [0.25, 0.3) is 0 Å². The van der Waals surface area contributed by atoms with E-state index in [0.717, 1.165) is 11.1 Å². The van der Waals surface area contributed by atoms with Crippen molar-refractivity contribution in [2.45, 2.75) is 6.61 Å². The van der Waals surface area contributed by atoms with Crippen LogP contribution in [0.15, 0.2) is 18.2 Å². The first-order chi connectivity index (χ1) is 6.81. The summed E-state index contributed by atoms with van der Waals surface area (Å²) in [7, 11) is 0. The monoisotopic (exact) mass is 250 g/mol. The highest BCUT2D eigenvalue weighted by Gasteiger charge is 2.20. The van der Waals surface area contributed by atoms with Crippen LogP contribution in [0.3, 0.4) is 0 Å². The number of hydrogen-bond donors (Lipinski definition) is 0. The highest BCUT2D eigenvalue weighted by atomic mass is 79.9. The Bertz CT molecular complexity index is 440. The van der Waals surface area contributed by atoms with Gasteiger partial charge in [-0.15, -0.1) is 0 Å². The smallest absolute Gasteiger partial charge is 0.338 e. The molecule has 0 bridgehead atoms. The van der Waals surface area contributed by atoms with Gasteiger partial charge < -0.3 is 4.74 Å². The molecule has 0 spiro atoms. The first kappa shape index (κ1) is 9.29. The van der Waals surface area contributed by atoms with Crippen LogP contribution in [0.25, 0.3) is 0 Å². The van der Waals surface area contributed by atoms with E-state index < -0.39 is 0 Å². The van der Waals surface area contributed by atoms with Gasteiger partial charge in [0.1, 0.15) is 6.61 Å². The number of benzene rings is 1. The van der Waals surface area contributed by atoms with Crippen molar-refractivity contribution in [3.8, 4) is 11.8 Å². The minimum absolute atomic E-state index is 0.236. The number of alkyl halides is 1. The number of carbonyl (C=O) groups is 1. The van der Waals surface area contributed by atoms with Gasteiger partial charge in [-0.2, -0.15) is 0 Å². The summed E-state index contributed by atoms with van der Waals surface area (Å²) in [4.78, 5) is 11.1. The molecule has 0 fully saturated rings. The van der Waals surface area contributed by atoms with E-state index in [9.17, 15) is 4.79 Å². The molecule has 3 heteroatoms. The third-order valence-electron chi connectivity index (χ3n) is 1.98. The van der Waals surface area contributed by atoms with Crippen molar-refractivity contribution < 1.29 is 9.53 Å². The number of halogens is 1. The molecule has 0 amide bonds. The quantitative estimate of drug-likeness (QED) is 0.401. The van der Waals surface area contributed by atoms with Gasteiger partial charge in [-0.1, -0.05) is 27.8 Å². The van der Waals surface area contributed by atoms with Gasteiger partial charge in [0.2, 0.25) is 0 Å². The van der Waals surface area contributed by atoms with Crippen molar-refractivity contribution >= 4 is 21.9 Å². The lowest BCUT2D eigenvalue weighted by Crippen LogP contribution is -1.92. The van der Waals surface area contributed by atoms with E-state index in [-0.39, 0.29) is 5.97 Å². The molecule has 0 aliphatic carbocycles. The maximum atomic E-state index is 11.1. The van der Waals surface area contributed by atoms with Gasteiger partial charge in [0, 0.05) is 11.1 Å². The Morgan fingerprint density at radius 3 is 3.14 bits per heavy atom. The molecular weight excluding hydrogens is 244 g/mol. The van der Waals surface area contributed by atoms with E-state index in [1.807, 2.05) is 12.1 Å². The molecule has 1 heterocycles. The van der Waals surface area contributed by atoms with Gasteiger partial charge in [-0.05, 0) is 18.2 Å². The highest BCUT2D eigenvalue weighted by Crippen LogP contribution is 2.20. The zero-order valence-corrected chi connectivity index (χ0v) is 8.93. The first-order valence-corrected chi connectivity index (χ1v) is 5.28. The molecular formula is C11H7BrO2. The fraction of sp³-hybridized carbons (Fsp3) is 0.182. The van der Waals surface area contributed by atoms with E-state index in [0.29, 0.717) is 17.5 Å². The summed E-state index contributed by atoms with van der Waals surface area (Å²) >= 11 is 3.23. The average molecular weight is 251 g/mol. The van der Waals surface area contributed by atoms with Crippen LogP contribution in [0, 0.1) is 11.8 Å². The van der Waals surface area contributed by atoms with Crippen LogP contribution < -0.4 is 0 Å². The van der Waals surface area contributed by atoms with Crippen LogP contribution in [-0.4, -0.2) is 11.3 Å². The van der Waals surface area contributed by atoms with E-state index >= 15 is 0 Å². The summed E-state index contributed by atoms with van der Waals surface area (Å²) in [6.45, 7) is 0.373. The maximum absolute atomic E-state index is 11.1. The Morgan fingerprint density at radius 1 is 1.50 bits per heavy atom.